The van der Waals surface area contributed by atoms with E-state index in [1.807, 2.05) is 6.20 Å². The van der Waals surface area contributed by atoms with Crippen molar-refractivity contribution in [1.82, 2.24) is 9.88 Å². The highest BCUT2D eigenvalue weighted by molar-refractivity contribution is 7.15. The number of thiazole rings is 1. The number of rotatable bonds is 3. The molecule has 0 saturated carbocycles. The van der Waals surface area contributed by atoms with Crippen molar-refractivity contribution in [3.8, 4) is 0 Å². The summed E-state index contributed by atoms with van der Waals surface area (Å²) < 4.78 is 0. The molecule has 0 bridgehead atoms. The molecule has 2 N–H and O–H groups in total. The van der Waals surface area contributed by atoms with Crippen LogP contribution in [0.25, 0.3) is 0 Å². The van der Waals surface area contributed by atoms with E-state index < -0.39 is 0 Å². The summed E-state index contributed by atoms with van der Waals surface area (Å²) in [5.74, 6) is 0. The summed E-state index contributed by atoms with van der Waals surface area (Å²) >= 11 is 1.60. The summed E-state index contributed by atoms with van der Waals surface area (Å²) in [6.45, 7) is 6.52. The van der Waals surface area contributed by atoms with Crippen LogP contribution in [0, 0.1) is 13.8 Å². The zero-order valence-corrected chi connectivity index (χ0v) is 12.9. The molecule has 0 aliphatic carbocycles. The van der Waals surface area contributed by atoms with Crippen LogP contribution in [0.4, 0.5) is 5.13 Å². The van der Waals surface area contributed by atoms with E-state index in [9.17, 15) is 0 Å². The zero-order chi connectivity index (χ0) is 14.1. The standard InChI is InChI=1S/C16H21N3S/c1-11-5-6-12(2)14(8-11)15-4-3-7-19(15)10-13-9-18-16(17)20-13/h5-6,8-9,15H,3-4,7,10H2,1-2H3,(H2,17,18). The fraction of sp³-hybridized carbons (Fsp3) is 0.438. The first-order chi connectivity index (χ1) is 9.63. The van der Waals surface area contributed by atoms with Crippen LogP contribution in [0.15, 0.2) is 24.4 Å². The molecular formula is C16H21N3S. The van der Waals surface area contributed by atoms with Gasteiger partial charge in [0, 0.05) is 23.7 Å². The Hall–Kier alpha value is -1.39. The topological polar surface area (TPSA) is 42.2 Å². The van der Waals surface area contributed by atoms with Gasteiger partial charge in [0.1, 0.15) is 0 Å². The lowest BCUT2D eigenvalue weighted by molar-refractivity contribution is 0.250. The Kier molecular flexibility index (Phi) is 3.76. The predicted octanol–water partition coefficient (Wildman–Crippen LogP) is 3.68. The maximum Gasteiger partial charge on any atom is 0.180 e. The van der Waals surface area contributed by atoms with Gasteiger partial charge in [-0.25, -0.2) is 4.98 Å². The van der Waals surface area contributed by atoms with E-state index in [0.717, 1.165) is 13.1 Å². The van der Waals surface area contributed by atoms with Gasteiger partial charge in [-0.05, 0) is 44.4 Å². The molecule has 20 heavy (non-hydrogen) atoms. The molecule has 1 aliphatic rings. The van der Waals surface area contributed by atoms with Gasteiger partial charge < -0.3 is 5.73 Å². The Balaban J connectivity index is 1.83. The fourth-order valence-corrected chi connectivity index (χ4v) is 3.79. The minimum atomic E-state index is 0.540. The van der Waals surface area contributed by atoms with Crippen LogP contribution in [-0.4, -0.2) is 16.4 Å². The van der Waals surface area contributed by atoms with Crippen molar-refractivity contribution < 1.29 is 0 Å². The second kappa shape index (κ2) is 5.54. The molecule has 1 aromatic heterocycles. The maximum absolute atomic E-state index is 5.73. The van der Waals surface area contributed by atoms with Gasteiger partial charge in [-0.15, -0.1) is 11.3 Å². The lowest BCUT2D eigenvalue weighted by Gasteiger charge is -2.25. The van der Waals surface area contributed by atoms with E-state index in [4.69, 9.17) is 5.73 Å². The SMILES string of the molecule is Cc1ccc(C)c(C2CCCN2Cc2cnc(N)s2)c1. The van der Waals surface area contributed by atoms with E-state index in [-0.39, 0.29) is 0 Å². The Morgan fingerprint density at radius 2 is 2.25 bits per heavy atom. The summed E-state index contributed by atoms with van der Waals surface area (Å²) in [6, 6.07) is 7.32. The zero-order valence-electron chi connectivity index (χ0n) is 12.1. The number of nitrogens with zero attached hydrogens (tertiary/aromatic N) is 2. The number of hydrogen-bond donors (Lipinski definition) is 1. The van der Waals surface area contributed by atoms with Gasteiger partial charge in [0.15, 0.2) is 5.13 Å². The molecule has 1 atom stereocenters. The van der Waals surface area contributed by atoms with Crippen molar-refractivity contribution in [1.29, 1.82) is 0 Å². The average Bonchev–Trinajstić information content (AvgIpc) is 3.02. The highest BCUT2D eigenvalue weighted by Crippen LogP contribution is 2.35. The molecule has 1 aliphatic heterocycles. The lowest BCUT2D eigenvalue weighted by atomic mass is 9.97. The van der Waals surface area contributed by atoms with E-state index in [2.05, 4.69) is 41.9 Å². The van der Waals surface area contributed by atoms with Crippen LogP contribution >= 0.6 is 11.3 Å². The third-order valence-corrected chi connectivity index (χ3v) is 4.90. The summed E-state index contributed by atoms with van der Waals surface area (Å²) in [4.78, 5) is 7.99. The molecule has 2 heterocycles. The van der Waals surface area contributed by atoms with Crippen LogP contribution in [-0.2, 0) is 6.54 Å². The second-order valence-electron chi connectivity index (χ2n) is 5.65. The minimum Gasteiger partial charge on any atom is -0.375 e. The molecule has 3 rings (SSSR count). The average molecular weight is 287 g/mol. The quantitative estimate of drug-likeness (QED) is 0.936. The van der Waals surface area contributed by atoms with Crippen molar-refractivity contribution in [2.75, 3.05) is 12.3 Å². The molecule has 1 unspecified atom stereocenters. The summed E-state index contributed by atoms with van der Waals surface area (Å²) in [5, 5.41) is 0.669. The van der Waals surface area contributed by atoms with Crippen molar-refractivity contribution >= 4 is 16.5 Å². The number of likely N-dealkylation sites (tertiary alicyclic amines) is 1. The third-order valence-electron chi connectivity index (χ3n) is 4.09. The number of aryl methyl sites for hydroxylation is 2. The van der Waals surface area contributed by atoms with Gasteiger partial charge in [0.05, 0.1) is 0 Å². The normalized spacial score (nSPS) is 19.6. The number of nitrogen functional groups attached to an aromatic ring is 1. The van der Waals surface area contributed by atoms with Gasteiger partial charge in [-0.3, -0.25) is 4.90 Å². The van der Waals surface area contributed by atoms with E-state index in [1.54, 1.807) is 11.3 Å². The highest BCUT2D eigenvalue weighted by atomic mass is 32.1. The van der Waals surface area contributed by atoms with Crippen LogP contribution in [0.1, 0.15) is 40.5 Å². The monoisotopic (exact) mass is 287 g/mol. The highest BCUT2D eigenvalue weighted by Gasteiger charge is 2.27. The molecular weight excluding hydrogens is 266 g/mol. The van der Waals surface area contributed by atoms with Gasteiger partial charge in [-0.2, -0.15) is 0 Å². The first kappa shape index (κ1) is 13.6. The predicted molar refractivity (Wildman–Crippen MR) is 84.8 cm³/mol. The summed E-state index contributed by atoms with van der Waals surface area (Å²) in [7, 11) is 0. The molecule has 0 radical (unpaired) electrons. The van der Waals surface area contributed by atoms with Crippen LogP contribution < -0.4 is 5.73 Å². The van der Waals surface area contributed by atoms with E-state index >= 15 is 0 Å². The molecule has 0 spiro atoms. The summed E-state index contributed by atoms with van der Waals surface area (Å²) in [5.41, 5.74) is 9.96. The first-order valence-corrected chi connectivity index (χ1v) is 7.96. The van der Waals surface area contributed by atoms with Crippen molar-refractivity contribution in [2.45, 2.75) is 39.3 Å². The van der Waals surface area contributed by atoms with Gasteiger partial charge in [0.2, 0.25) is 0 Å². The van der Waals surface area contributed by atoms with E-state index in [1.165, 1.54) is 34.4 Å². The van der Waals surface area contributed by atoms with Crippen LogP contribution in [0.5, 0.6) is 0 Å². The van der Waals surface area contributed by atoms with Crippen LogP contribution in [0.3, 0.4) is 0 Å². The molecule has 1 saturated heterocycles. The number of aromatic nitrogens is 1. The fourth-order valence-electron chi connectivity index (χ4n) is 3.08. The number of nitrogens with two attached hydrogens (primary N) is 1. The number of hydrogen-bond acceptors (Lipinski definition) is 4. The van der Waals surface area contributed by atoms with Crippen molar-refractivity contribution in [3.63, 3.8) is 0 Å². The molecule has 0 amide bonds. The van der Waals surface area contributed by atoms with Gasteiger partial charge in [-0.1, -0.05) is 23.8 Å². The number of benzene rings is 1. The largest absolute Gasteiger partial charge is 0.375 e. The molecule has 2 aromatic rings. The number of anilines is 1. The first-order valence-electron chi connectivity index (χ1n) is 7.15. The lowest BCUT2D eigenvalue weighted by Crippen LogP contribution is -2.23. The van der Waals surface area contributed by atoms with Gasteiger partial charge >= 0.3 is 0 Å². The van der Waals surface area contributed by atoms with Crippen molar-refractivity contribution in [2.24, 2.45) is 0 Å². The minimum absolute atomic E-state index is 0.540. The third kappa shape index (κ3) is 2.72. The Bertz CT molecular complexity index is 606. The molecule has 1 aromatic carbocycles. The molecule has 1 fully saturated rings. The molecule has 4 heteroatoms. The Morgan fingerprint density at radius 3 is 3.00 bits per heavy atom. The Labute approximate surface area is 124 Å². The Morgan fingerprint density at radius 1 is 1.40 bits per heavy atom. The summed E-state index contributed by atoms with van der Waals surface area (Å²) in [6.07, 6.45) is 4.43. The maximum atomic E-state index is 5.73. The second-order valence-corrected chi connectivity index (χ2v) is 6.80. The van der Waals surface area contributed by atoms with Crippen molar-refractivity contribution in [3.05, 3.63) is 46.0 Å². The van der Waals surface area contributed by atoms with Crippen LogP contribution in [0.2, 0.25) is 0 Å². The van der Waals surface area contributed by atoms with E-state index in [0.29, 0.717) is 11.2 Å². The molecule has 106 valence electrons. The smallest absolute Gasteiger partial charge is 0.180 e. The molecule has 3 nitrogen and oxygen atoms in total. The van der Waals surface area contributed by atoms with Gasteiger partial charge in [0.25, 0.3) is 0 Å².